The zero-order valence-corrected chi connectivity index (χ0v) is 18.5. The first-order chi connectivity index (χ1) is 14.6. The fourth-order valence-corrected chi connectivity index (χ4v) is 3.39. The lowest BCUT2D eigenvalue weighted by molar-refractivity contribution is -0.158. The van der Waals surface area contributed by atoms with E-state index in [0.29, 0.717) is 15.6 Å². The normalized spacial score (nSPS) is 12.8. The molecular weight excluding hydrogens is 445 g/mol. The molecule has 0 aromatic heterocycles. The summed E-state index contributed by atoms with van der Waals surface area (Å²) in [5.74, 6) is -3.78. The van der Waals surface area contributed by atoms with Crippen LogP contribution in [0.25, 0.3) is 11.1 Å². The van der Waals surface area contributed by atoms with Gasteiger partial charge in [-0.25, -0.2) is 9.59 Å². The number of hydrogen-bond donors (Lipinski definition) is 3. The van der Waals surface area contributed by atoms with E-state index in [9.17, 15) is 19.5 Å². The topological polar surface area (TPSA) is 113 Å². The Bertz CT molecular complexity index is 963. The average Bonchev–Trinajstić information content (AvgIpc) is 2.68. The molecule has 3 N–H and O–H groups in total. The summed E-state index contributed by atoms with van der Waals surface area (Å²) < 4.78 is 4.96. The molecule has 0 fully saturated rings. The summed E-state index contributed by atoms with van der Waals surface area (Å²) in [7, 11) is 0. The number of amides is 1. The molecule has 2 atom stereocenters. The third-order valence-electron chi connectivity index (χ3n) is 4.34. The summed E-state index contributed by atoms with van der Waals surface area (Å²) in [5.41, 5.74) is 2.29. The Morgan fingerprint density at radius 3 is 2.32 bits per heavy atom. The van der Waals surface area contributed by atoms with E-state index in [1.165, 1.54) is 0 Å². The van der Waals surface area contributed by atoms with Gasteiger partial charge in [0.15, 0.2) is 6.10 Å². The molecule has 2 rings (SSSR count). The van der Waals surface area contributed by atoms with Crippen LogP contribution in [0.2, 0.25) is 10.0 Å². The van der Waals surface area contributed by atoms with Crippen LogP contribution in [0.1, 0.15) is 25.8 Å². The van der Waals surface area contributed by atoms with Crippen LogP contribution in [0.5, 0.6) is 0 Å². The van der Waals surface area contributed by atoms with Gasteiger partial charge in [-0.05, 0) is 55.2 Å². The first-order valence-electron chi connectivity index (χ1n) is 9.53. The number of carbonyl (C=O) groups is 3. The number of aliphatic hydroxyl groups excluding tert-OH is 1. The van der Waals surface area contributed by atoms with E-state index in [1.807, 2.05) is 18.2 Å². The van der Waals surface area contributed by atoms with E-state index in [4.69, 9.17) is 33.0 Å². The number of hydrogen-bond acceptors (Lipinski definition) is 5. The van der Waals surface area contributed by atoms with E-state index in [1.54, 1.807) is 38.1 Å². The first kappa shape index (κ1) is 24.7. The predicted molar refractivity (Wildman–Crippen MR) is 117 cm³/mol. The standard InChI is InChI=1S/C22H23Cl2NO6/c1-12(2)31-22(30)19(26)11-17(25-20(27)21(28)29)9-15-7-6-14(10-18(15)24)13-4-3-5-16(23)8-13/h3-8,10,12,17,19,26H,9,11H2,1-2H3,(H,25,27)(H,28,29)/t17-,19-/m1/s1. The summed E-state index contributed by atoms with van der Waals surface area (Å²) in [4.78, 5) is 34.5. The molecule has 0 heterocycles. The smallest absolute Gasteiger partial charge is 0.394 e. The molecule has 0 bridgehead atoms. The molecule has 0 aliphatic rings. The minimum atomic E-state index is -1.67. The second-order valence-electron chi connectivity index (χ2n) is 7.23. The van der Waals surface area contributed by atoms with E-state index in [-0.39, 0.29) is 12.8 Å². The molecule has 0 aliphatic carbocycles. The zero-order valence-electron chi connectivity index (χ0n) is 17.0. The minimum absolute atomic E-state index is 0.0969. The van der Waals surface area contributed by atoms with E-state index >= 15 is 0 Å². The van der Waals surface area contributed by atoms with Crippen molar-refractivity contribution in [3.63, 3.8) is 0 Å². The summed E-state index contributed by atoms with van der Waals surface area (Å²) in [5, 5.41) is 22.3. The maximum atomic E-state index is 11.9. The predicted octanol–water partition coefficient (Wildman–Crippen LogP) is 3.47. The van der Waals surface area contributed by atoms with Gasteiger partial charge in [0.1, 0.15) is 0 Å². The van der Waals surface area contributed by atoms with E-state index in [0.717, 1.165) is 11.1 Å². The van der Waals surface area contributed by atoms with Crippen molar-refractivity contribution < 1.29 is 29.3 Å². The minimum Gasteiger partial charge on any atom is -0.474 e. The average molecular weight is 468 g/mol. The number of carboxylic acids is 1. The molecule has 9 heteroatoms. The van der Waals surface area contributed by atoms with Crippen LogP contribution in [0.15, 0.2) is 42.5 Å². The maximum Gasteiger partial charge on any atom is 0.394 e. The van der Waals surface area contributed by atoms with Crippen molar-refractivity contribution >= 4 is 41.0 Å². The number of benzene rings is 2. The fourth-order valence-electron chi connectivity index (χ4n) is 2.94. The Hall–Kier alpha value is -2.61. The second-order valence-corrected chi connectivity index (χ2v) is 8.08. The Labute approximate surface area is 189 Å². The van der Waals surface area contributed by atoms with Crippen LogP contribution >= 0.6 is 23.2 Å². The number of carboxylic acid groups (broad SMARTS) is 1. The molecule has 2 aromatic rings. The third-order valence-corrected chi connectivity index (χ3v) is 4.93. The van der Waals surface area contributed by atoms with Gasteiger partial charge in [-0.3, -0.25) is 4.79 Å². The van der Waals surface area contributed by atoms with E-state index in [2.05, 4.69) is 5.32 Å². The van der Waals surface area contributed by atoms with Crippen molar-refractivity contribution in [3.05, 3.63) is 58.1 Å². The quantitative estimate of drug-likeness (QED) is 0.404. The van der Waals surface area contributed by atoms with Gasteiger partial charge in [0.05, 0.1) is 6.10 Å². The highest BCUT2D eigenvalue weighted by Crippen LogP contribution is 2.28. The molecule has 7 nitrogen and oxygen atoms in total. The third kappa shape index (κ3) is 7.54. The van der Waals surface area contributed by atoms with Gasteiger partial charge < -0.3 is 20.3 Å². The number of esters is 1. The molecule has 0 unspecified atom stereocenters. The highest BCUT2D eigenvalue weighted by atomic mass is 35.5. The molecule has 1 amide bonds. The van der Waals surface area contributed by atoms with Crippen molar-refractivity contribution in [1.82, 2.24) is 5.32 Å². The molecule has 31 heavy (non-hydrogen) atoms. The number of carbonyl (C=O) groups excluding carboxylic acids is 2. The second kappa shape index (κ2) is 11.1. The Kier molecular flexibility index (Phi) is 8.86. The van der Waals surface area contributed by atoms with Crippen molar-refractivity contribution in [1.29, 1.82) is 0 Å². The highest BCUT2D eigenvalue weighted by Gasteiger charge is 2.26. The van der Waals surface area contributed by atoms with Gasteiger partial charge >= 0.3 is 17.8 Å². The number of ether oxygens (including phenoxy) is 1. The van der Waals surface area contributed by atoms with Crippen molar-refractivity contribution in [2.45, 2.75) is 44.9 Å². The molecule has 0 spiro atoms. The molecule has 0 aliphatic heterocycles. The van der Waals surface area contributed by atoms with Crippen LogP contribution in [0.4, 0.5) is 0 Å². The molecule has 2 aromatic carbocycles. The van der Waals surface area contributed by atoms with Crippen LogP contribution in [0, 0.1) is 0 Å². The summed E-state index contributed by atoms with van der Waals surface area (Å²) >= 11 is 12.4. The lowest BCUT2D eigenvalue weighted by atomic mass is 9.97. The van der Waals surface area contributed by atoms with Crippen molar-refractivity contribution in [2.75, 3.05) is 0 Å². The number of rotatable bonds is 8. The molecule has 0 saturated heterocycles. The zero-order chi connectivity index (χ0) is 23.1. The Morgan fingerprint density at radius 1 is 1.06 bits per heavy atom. The van der Waals surface area contributed by atoms with Crippen LogP contribution in [-0.2, 0) is 25.5 Å². The largest absolute Gasteiger partial charge is 0.474 e. The number of nitrogens with one attached hydrogen (secondary N) is 1. The summed E-state index contributed by atoms with van der Waals surface area (Å²) in [6.45, 7) is 3.27. The van der Waals surface area contributed by atoms with Crippen molar-refractivity contribution in [2.24, 2.45) is 0 Å². The van der Waals surface area contributed by atoms with Gasteiger partial charge in [-0.2, -0.15) is 0 Å². The maximum absolute atomic E-state index is 11.9. The van der Waals surface area contributed by atoms with Crippen molar-refractivity contribution in [3.8, 4) is 11.1 Å². The van der Waals surface area contributed by atoms with Gasteiger partial charge in [-0.1, -0.05) is 47.5 Å². The number of aliphatic hydroxyl groups is 1. The lowest BCUT2D eigenvalue weighted by Crippen LogP contribution is -2.43. The highest BCUT2D eigenvalue weighted by molar-refractivity contribution is 6.32. The molecule has 0 saturated carbocycles. The monoisotopic (exact) mass is 467 g/mol. The first-order valence-corrected chi connectivity index (χ1v) is 10.3. The molecule has 0 radical (unpaired) electrons. The Morgan fingerprint density at radius 2 is 1.74 bits per heavy atom. The fraction of sp³-hybridized carbons (Fsp3) is 0.318. The summed E-state index contributed by atoms with van der Waals surface area (Å²) in [6, 6.07) is 11.6. The summed E-state index contributed by atoms with van der Waals surface area (Å²) in [6.07, 6.45) is -2.11. The molecule has 166 valence electrons. The van der Waals surface area contributed by atoms with Crippen LogP contribution in [0.3, 0.4) is 0 Å². The van der Waals surface area contributed by atoms with E-state index < -0.39 is 36.1 Å². The van der Waals surface area contributed by atoms with Crippen LogP contribution < -0.4 is 5.32 Å². The molecular formula is C22H23Cl2NO6. The van der Waals surface area contributed by atoms with Gasteiger partial charge in [0, 0.05) is 22.5 Å². The lowest BCUT2D eigenvalue weighted by Gasteiger charge is -2.22. The van der Waals surface area contributed by atoms with Gasteiger partial charge in [0.2, 0.25) is 0 Å². The number of aliphatic carboxylic acids is 1. The van der Waals surface area contributed by atoms with Gasteiger partial charge in [-0.15, -0.1) is 0 Å². The van der Waals surface area contributed by atoms with Crippen LogP contribution in [-0.4, -0.2) is 46.3 Å². The Balaban J connectivity index is 2.21. The van der Waals surface area contributed by atoms with Gasteiger partial charge in [0.25, 0.3) is 0 Å². The number of halogens is 2. The SMILES string of the molecule is CC(C)OC(=O)[C@H](O)C[C@@H](Cc1ccc(-c2cccc(Cl)c2)cc1Cl)NC(=O)C(=O)O.